The largest absolute Gasteiger partial charge is 0.438 e. The Labute approximate surface area is 116 Å². The third-order valence-corrected chi connectivity index (χ3v) is 3.89. The van der Waals surface area contributed by atoms with Gasteiger partial charge in [-0.1, -0.05) is 6.07 Å². The van der Waals surface area contributed by atoms with Crippen LogP contribution in [0.1, 0.15) is 16.1 Å². The van der Waals surface area contributed by atoms with Crippen LogP contribution in [0.5, 0.6) is 11.6 Å². The number of sulfone groups is 1. The molecule has 0 aliphatic rings. The molecule has 0 fully saturated rings. The monoisotopic (exact) mass is 294 g/mol. The molecule has 1 heterocycles. The summed E-state index contributed by atoms with van der Waals surface area (Å²) in [6, 6.07) is 6.09. The molecule has 2 rings (SSSR count). The number of aryl methyl sites for hydroxylation is 2. The fraction of sp³-hybridized carbons (Fsp3) is 0.231. The van der Waals surface area contributed by atoms with Gasteiger partial charge < -0.3 is 4.74 Å². The summed E-state index contributed by atoms with van der Waals surface area (Å²) in [5.41, 5.74) is 0.897. The molecule has 2 aromatic rings. The average molecular weight is 294 g/mol. The van der Waals surface area contributed by atoms with Gasteiger partial charge in [0.1, 0.15) is 5.75 Å². The van der Waals surface area contributed by atoms with E-state index in [0.717, 1.165) is 6.26 Å². The van der Waals surface area contributed by atoms with Gasteiger partial charge >= 0.3 is 0 Å². The van der Waals surface area contributed by atoms with Crippen LogP contribution in [0.3, 0.4) is 0 Å². The molecule has 0 N–H and O–H groups in total. The number of benzene rings is 1. The van der Waals surface area contributed by atoms with Crippen molar-refractivity contribution in [1.29, 1.82) is 0 Å². The van der Waals surface area contributed by atoms with Crippen molar-refractivity contribution in [3.05, 3.63) is 35.5 Å². The van der Waals surface area contributed by atoms with E-state index in [9.17, 15) is 13.2 Å². The van der Waals surface area contributed by atoms with Gasteiger partial charge in [0, 0.05) is 13.3 Å². The second-order valence-electron chi connectivity index (χ2n) is 4.39. The molecule has 0 amide bonds. The van der Waals surface area contributed by atoms with Gasteiger partial charge in [-0.05, 0) is 25.1 Å². The van der Waals surface area contributed by atoms with Gasteiger partial charge in [-0.2, -0.15) is 5.10 Å². The summed E-state index contributed by atoms with van der Waals surface area (Å²) in [5.74, 6) is 0.613. The third kappa shape index (κ3) is 2.72. The number of hydrogen-bond acceptors (Lipinski definition) is 5. The Bertz CT molecular complexity index is 763. The zero-order valence-corrected chi connectivity index (χ0v) is 12.1. The Morgan fingerprint density at radius 3 is 2.65 bits per heavy atom. The lowest BCUT2D eigenvalue weighted by Gasteiger charge is -2.07. The molecule has 6 nitrogen and oxygen atoms in total. The number of rotatable bonds is 4. The normalized spacial score (nSPS) is 11.3. The first-order valence-electron chi connectivity index (χ1n) is 5.79. The summed E-state index contributed by atoms with van der Waals surface area (Å²) in [7, 11) is -1.66. The lowest BCUT2D eigenvalue weighted by molar-refractivity contribution is 0.112. The maximum absolute atomic E-state index is 11.5. The van der Waals surface area contributed by atoms with Gasteiger partial charge in [-0.3, -0.25) is 4.79 Å². The summed E-state index contributed by atoms with van der Waals surface area (Å²) < 4.78 is 30.0. The van der Waals surface area contributed by atoms with Crippen LogP contribution >= 0.6 is 0 Å². The zero-order valence-electron chi connectivity index (χ0n) is 11.3. The van der Waals surface area contributed by atoms with E-state index in [-0.39, 0.29) is 10.8 Å². The number of aldehydes is 1. The van der Waals surface area contributed by atoms with Gasteiger partial charge in [0.05, 0.1) is 16.2 Å². The lowest BCUT2D eigenvalue weighted by Crippen LogP contribution is -1.99. The molecule has 0 saturated heterocycles. The minimum atomic E-state index is -3.31. The molecule has 0 radical (unpaired) electrons. The second kappa shape index (κ2) is 5.09. The molecule has 0 aliphatic carbocycles. The molecule has 7 heteroatoms. The van der Waals surface area contributed by atoms with Gasteiger partial charge in [-0.25, -0.2) is 13.1 Å². The fourth-order valence-electron chi connectivity index (χ4n) is 1.79. The molecule has 0 aliphatic heterocycles. The summed E-state index contributed by atoms with van der Waals surface area (Å²) in [5, 5.41) is 4.09. The molecular formula is C13H14N2O4S. The van der Waals surface area contributed by atoms with E-state index >= 15 is 0 Å². The highest BCUT2D eigenvalue weighted by molar-refractivity contribution is 7.90. The highest BCUT2D eigenvalue weighted by Crippen LogP contribution is 2.27. The highest BCUT2D eigenvalue weighted by Gasteiger charge is 2.15. The number of carbonyl (C=O) groups excluding carboxylic acids is 1. The lowest BCUT2D eigenvalue weighted by atomic mass is 10.3. The number of hydrogen-bond donors (Lipinski definition) is 0. The number of carbonyl (C=O) groups is 1. The Balaban J connectivity index is 2.43. The first-order valence-corrected chi connectivity index (χ1v) is 7.69. The average Bonchev–Trinajstić information content (AvgIpc) is 2.63. The van der Waals surface area contributed by atoms with Crippen LogP contribution in [0.15, 0.2) is 29.2 Å². The van der Waals surface area contributed by atoms with Crippen molar-refractivity contribution >= 4 is 16.1 Å². The van der Waals surface area contributed by atoms with Gasteiger partial charge in [0.2, 0.25) is 5.88 Å². The Hall–Kier alpha value is -2.15. The fourth-order valence-corrected chi connectivity index (χ4v) is 2.45. The number of aromatic nitrogens is 2. The van der Waals surface area contributed by atoms with Crippen LogP contribution in [0.4, 0.5) is 0 Å². The summed E-state index contributed by atoms with van der Waals surface area (Å²) in [4.78, 5) is 11.2. The predicted molar refractivity (Wildman–Crippen MR) is 73.0 cm³/mol. The summed E-state index contributed by atoms with van der Waals surface area (Å²) in [6.07, 6.45) is 1.79. The predicted octanol–water partition coefficient (Wildman–Crippen LogP) is 1.74. The number of ether oxygens (including phenoxy) is 1. The summed E-state index contributed by atoms with van der Waals surface area (Å²) in [6.45, 7) is 1.70. The van der Waals surface area contributed by atoms with E-state index in [4.69, 9.17) is 4.74 Å². The third-order valence-electron chi connectivity index (χ3n) is 2.78. The Kier molecular flexibility index (Phi) is 3.63. The van der Waals surface area contributed by atoms with Crippen LogP contribution in [-0.4, -0.2) is 30.7 Å². The maximum atomic E-state index is 11.5. The van der Waals surface area contributed by atoms with E-state index in [1.807, 2.05) is 0 Å². The molecule has 0 atom stereocenters. The van der Waals surface area contributed by atoms with E-state index in [1.165, 1.54) is 16.8 Å². The molecule has 0 bridgehead atoms. The van der Waals surface area contributed by atoms with Gasteiger partial charge in [-0.15, -0.1) is 0 Å². The maximum Gasteiger partial charge on any atom is 0.228 e. The van der Waals surface area contributed by atoms with Crippen LogP contribution in [0.2, 0.25) is 0 Å². The summed E-state index contributed by atoms with van der Waals surface area (Å²) >= 11 is 0. The Morgan fingerprint density at radius 2 is 2.05 bits per heavy atom. The SMILES string of the molecule is Cc1nn(C)c(Oc2cccc(S(C)(=O)=O)c2)c1C=O. The number of nitrogens with zero attached hydrogens (tertiary/aromatic N) is 2. The molecule has 0 saturated carbocycles. The quantitative estimate of drug-likeness (QED) is 0.803. The van der Waals surface area contributed by atoms with E-state index in [1.54, 1.807) is 26.1 Å². The molecule has 20 heavy (non-hydrogen) atoms. The second-order valence-corrected chi connectivity index (χ2v) is 6.41. The van der Waals surface area contributed by atoms with Crippen molar-refractivity contribution in [1.82, 2.24) is 9.78 Å². The molecular weight excluding hydrogens is 280 g/mol. The van der Waals surface area contributed by atoms with Crippen LogP contribution in [0.25, 0.3) is 0 Å². The van der Waals surface area contributed by atoms with Crippen molar-refractivity contribution in [2.45, 2.75) is 11.8 Å². The molecule has 0 unspecified atom stereocenters. The van der Waals surface area contributed by atoms with Crippen molar-refractivity contribution < 1.29 is 17.9 Å². The van der Waals surface area contributed by atoms with Gasteiger partial charge in [0.25, 0.3) is 0 Å². The first-order chi connectivity index (χ1) is 9.32. The van der Waals surface area contributed by atoms with Crippen molar-refractivity contribution in [3.8, 4) is 11.6 Å². The molecule has 1 aromatic carbocycles. The standard InChI is InChI=1S/C13H14N2O4S/c1-9-12(8-16)13(15(2)14-9)19-10-5-4-6-11(7-10)20(3,17)18/h4-8H,1-3H3. The van der Waals surface area contributed by atoms with Crippen LogP contribution in [-0.2, 0) is 16.9 Å². The van der Waals surface area contributed by atoms with E-state index < -0.39 is 9.84 Å². The zero-order chi connectivity index (χ0) is 14.9. The Morgan fingerprint density at radius 1 is 1.35 bits per heavy atom. The van der Waals surface area contributed by atoms with Gasteiger partial charge in [0.15, 0.2) is 16.1 Å². The molecule has 106 valence electrons. The first kappa shape index (κ1) is 14.3. The van der Waals surface area contributed by atoms with E-state index in [2.05, 4.69) is 5.10 Å². The molecule has 0 spiro atoms. The smallest absolute Gasteiger partial charge is 0.228 e. The van der Waals surface area contributed by atoms with Crippen molar-refractivity contribution in [3.63, 3.8) is 0 Å². The minimum absolute atomic E-state index is 0.154. The molecule has 1 aromatic heterocycles. The van der Waals surface area contributed by atoms with Crippen LogP contribution in [0, 0.1) is 6.92 Å². The minimum Gasteiger partial charge on any atom is -0.438 e. The van der Waals surface area contributed by atoms with E-state index in [0.29, 0.717) is 23.3 Å². The van der Waals surface area contributed by atoms with Crippen molar-refractivity contribution in [2.24, 2.45) is 7.05 Å². The highest BCUT2D eigenvalue weighted by atomic mass is 32.2. The topological polar surface area (TPSA) is 78.3 Å². The van der Waals surface area contributed by atoms with Crippen LogP contribution < -0.4 is 4.74 Å². The van der Waals surface area contributed by atoms with Crippen molar-refractivity contribution in [2.75, 3.05) is 6.26 Å².